The van der Waals surface area contributed by atoms with Gasteiger partial charge in [-0.3, -0.25) is 9.69 Å². The van der Waals surface area contributed by atoms with E-state index in [0.29, 0.717) is 13.2 Å². The number of aromatic nitrogens is 2. The van der Waals surface area contributed by atoms with Gasteiger partial charge in [-0.2, -0.15) is 0 Å². The summed E-state index contributed by atoms with van der Waals surface area (Å²) >= 11 is 0. The molecule has 1 saturated heterocycles. The molecule has 1 aromatic heterocycles. The summed E-state index contributed by atoms with van der Waals surface area (Å²) in [6.07, 6.45) is 6.45. The van der Waals surface area contributed by atoms with Crippen LogP contribution in [-0.4, -0.2) is 51.8 Å². The molecule has 0 saturated carbocycles. The molecule has 2 heterocycles. The Morgan fingerprint density at radius 1 is 1.58 bits per heavy atom. The summed E-state index contributed by atoms with van der Waals surface area (Å²) in [4.78, 5) is 17.6. The Bertz CT molecular complexity index is 419. The quantitative estimate of drug-likeness (QED) is 0.831. The normalized spacial score (nSPS) is 20.6. The molecule has 6 nitrogen and oxygen atoms in total. The van der Waals surface area contributed by atoms with Crippen LogP contribution in [0.3, 0.4) is 0 Å². The first-order valence-corrected chi connectivity index (χ1v) is 6.68. The fourth-order valence-electron chi connectivity index (χ4n) is 2.53. The topological polar surface area (TPSA) is 67.6 Å². The molecule has 1 N–H and O–H groups in total. The number of hydrogen-bond donors (Lipinski definition) is 1. The number of rotatable bonds is 6. The first-order valence-electron chi connectivity index (χ1n) is 6.68. The van der Waals surface area contributed by atoms with Gasteiger partial charge in [0.1, 0.15) is 11.9 Å². The second kappa shape index (κ2) is 6.68. The lowest BCUT2D eigenvalue weighted by Crippen LogP contribution is -2.44. The fraction of sp³-hybridized carbons (Fsp3) is 0.692. The van der Waals surface area contributed by atoms with Crippen molar-refractivity contribution in [2.75, 3.05) is 20.3 Å². The van der Waals surface area contributed by atoms with Crippen molar-refractivity contribution < 1.29 is 14.6 Å². The molecule has 0 radical (unpaired) electrons. The summed E-state index contributed by atoms with van der Waals surface area (Å²) in [5.74, 6) is 0.180. The predicted octanol–water partition coefficient (Wildman–Crippen LogP) is 0.969. The Labute approximate surface area is 113 Å². The van der Waals surface area contributed by atoms with Crippen molar-refractivity contribution in [3.63, 3.8) is 0 Å². The minimum atomic E-state index is -0.727. The summed E-state index contributed by atoms with van der Waals surface area (Å²) in [6, 6.07) is -0.374. The minimum absolute atomic E-state index is 0.374. The van der Waals surface area contributed by atoms with Crippen molar-refractivity contribution in [3.8, 4) is 0 Å². The van der Waals surface area contributed by atoms with Gasteiger partial charge in [-0.15, -0.1) is 0 Å². The minimum Gasteiger partial charge on any atom is -0.480 e. The number of ether oxygens (including phenoxy) is 1. The van der Waals surface area contributed by atoms with Crippen LogP contribution in [0.4, 0.5) is 0 Å². The highest BCUT2D eigenvalue weighted by molar-refractivity contribution is 5.73. The highest BCUT2D eigenvalue weighted by atomic mass is 16.5. The standard InChI is InChI=1S/C13H21N3O3/c1-19-9-8-15-7-5-14-12(15)10-16-6-3-2-4-11(16)13(17)18/h5,7,11H,2-4,6,8-10H2,1H3,(H,17,18)/t11-/m0/s1. The van der Waals surface area contributed by atoms with Crippen molar-refractivity contribution in [1.29, 1.82) is 0 Å². The number of hydrogen-bond acceptors (Lipinski definition) is 4. The van der Waals surface area contributed by atoms with Gasteiger partial charge in [-0.25, -0.2) is 4.98 Å². The number of imidazole rings is 1. The summed E-state index contributed by atoms with van der Waals surface area (Å²) in [5.41, 5.74) is 0. The molecule has 1 aliphatic rings. The molecule has 2 rings (SSSR count). The van der Waals surface area contributed by atoms with Crippen LogP contribution >= 0.6 is 0 Å². The Balaban J connectivity index is 2.02. The van der Waals surface area contributed by atoms with Crippen LogP contribution in [0.2, 0.25) is 0 Å². The number of carboxylic acid groups (broad SMARTS) is 1. The van der Waals surface area contributed by atoms with Gasteiger partial charge in [0.05, 0.1) is 13.2 Å². The van der Waals surface area contributed by atoms with E-state index in [1.807, 2.05) is 15.7 Å². The molecule has 0 bridgehead atoms. The largest absolute Gasteiger partial charge is 0.480 e. The third-order valence-electron chi connectivity index (χ3n) is 3.58. The molecule has 0 aromatic carbocycles. The number of carboxylic acids is 1. The van der Waals surface area contributed by atoms with Crippen molar-refractivity contribution in [3.05, 3.63) is 18.2 Å². The van der Waals surface area contributed by atoms with Crippen LogP contribution in [0.15, 0.2) is 12.4 Å². The maximum Gasteiger partial charge on any atom is 0.320 e. The maximum absolute atomic E-state index is 11.3. The molecule has 19 heavy (non-hydrogen) atoms. The summed E-state index contributed by atoms with van der Waals surface area (Å²) in [5, 5.41) is 9.26. The average molecular weight is 267 g/mol. The van der Waals surface area contributed by atoms with E-state index in [1.54, 1.807) is 13.3 Å². The zero-order valence-electron chi connectivity index (χ0n) is 11.3. The van der Waals surface area contributed by atoms with Gasteiger partial charge in [-0.1, -0.05) is 6.42 Å². The monoisotopic (exact) mass is 267 g/mol. The molecule has 0 unspecified atom stereocenters. The van der Waals surface area contributed by atoms with Crippen LogP contribution in [0.25, 0.3) is 0 Å². The first-order chi connectivity index (χ1) is 9.22. The Kier molecular flexibility index (Phi) is 4.93. The fourth-order valence-corrected chi connectivity index (χ4v) is 2.53. The third-order valence-corrected chi connectivity index (χ3v) is 3.58. The Morgan fingerprint density at radius 2 is 2.42 bits per heavy atom. The number of carbonyl (C=O) groups is 1. The number of likely N-dealkylation sites (tertiary alicyclic amines) is 1. The average Bonchev–Trinajstić information content (AvgIpc) is 2.84. The number of methoxy groups -OCH3 is 1. The number of piperidine rings is 1. The lowest BCUT2D eigenvalue weighted by Gasteiger charge is -2.32. The van der Waals surface area contributed by atoms with Gasteiger partial charge in [-0.05, 0) is 19.4 Å². The third kappa shape index (κ3) is 3.54. The second-order valence-electron chi connectivity index (χ2n) is 4.85. The van der Waals surface area contributed by atoms with Gasteiger partial charge in [0.15, 0.2) is 0 Å². The highest BCUT2D eigenvalue weighted by Gasteiger charge is 2.29. The molecule has 1 fully saturated rings. The van der Waals surface area contributed by atoms with Crippen LogP contribution in [0.1, 0.15) is 25.1 Å². The Hall–Kier alpha value is -1.40. The number of nitrogens with zero attached hydrogens (tertiary/aromatic N) is 3. The number of aliphatic carboxylic acids is 1. The van der Waals surface area contributed by atoms with Crippen molar-refractivity contribution in [1.82, 2.24) is 14.5 Å². The van der Waals surface area contributed by atoms with E-state index in [9.17, 15) is 9.90 Å². The van der Waals surface area contributed by atoms with E-state index in [2.05, 4.69) is 4.98 Å². The van der Waals surface area contributed by atoms with E-state index in [-0.39, 0.29) is 6.04 Å². The highest BCUT2D eigenvalue weighted by Crippen LogP contribution is 2.19. The smallest absolute Gasteiger partial charge is 0.320 e. The van der Waals surface area contributed by atoms with Gasteiger partial charge in [0, 0.05) is 26.0 Å². The second-order valence-corrected chi connectivity index (χ2v) is 4.85. The van der Waals surface area contributed by atoms with E-state index in [4.69, 9.17) is 4.74 Å². The van der Waals surface area contributed by atoms with Crippen LogP contribution in [0, 0.1) is 0 Å². The molecule has 1 aromatic rings. The lowest BCUT2D eigenvalue weighted by molar-refractivity contribution is -0.144. The van der Waals surface area contributed by atoms with Crippen molar-refractivity contribution >= 4 is 5.97 Å². The van der Waals surface area contributed by atoms with Gasteiger partial charge in [0.25, 0.3) is 0 Å². The van der Waals surface area contributed by atoms with Crippen LogP contribution < -0.4 is 0 Å². The van der Waals surface area contributed by atoms with E-state index < -0.39 is 5.97 Å². The van der Waals surface area contributed by atoms with E-state index >= 15 is 0 Å². The predicted molar refractivity (Wildman–Crippen MR) is 69.8 cm³/mol. The molecule has 0 amide bonds. The molecule has 106 valence electrons. The zero-order valence-corrected chi connectivity index (χ0v) is 11.3. The zero-order chi connectivity index (χ0) is 13.7. The molecular weight excluding hydrogens is 246 g/mol. The molecule has 0 aliphatic carbocycles. The van der Waals surface area contributed by atoms with Crippen molar-refractivity contribution in [2.45, 2.75) is 38.4 Å². The van der Waals surface area contributed by atoms with Gasteiger partial charge >= 0.3 is 5.97 Å². The van der Waals surface area contributed by atoms with Crippen LogP contribution in [0.5, 0.6) is 0 Å². The first kappa shape index (κ1) is 14.0. The van der Waals surface area contributed by atoms with Crippen LogP contribution in [-0.2, 0) is 22.6 Å². The molecule has 1 aliphatic heterocycles. The maximum atomic E-state index is 11.3. The van der Waals surface area contributed by atoms with Crippen molar-refractivity contribution in [2.24, 2.45) is 0 Å². The summed E-state index contributed by atoms with van der Waals surface area (Å²) in [7, 11) is 1.67. The van der Waals surface area contributed by atoms with Gasteiger partial charge in [0.2, 0.25) is 0 Å². The lowest BCUT2D eigenvalue weighted by atomic mass is 10.0. The molecule has 6 heteroatoms. The molecule has 1 atom stereocenters. The summed E-state index contributed by atoms with van der Waals surface area (Å²) in [6.45, 7) is 2.80. The SMILES string of the molecule is COCCn1ccnc1CN1CCCC[C@H]1C(=O)O. The van der Waals surface area contributed by atoms with Gasteiger partial charge < -0.3 is 14.4 Å². The summed E-state index contributed by atoms with van der Waals surface area (Å²) < 4.78 is 7.09. The molecule has 0 spiro atoms. The van der Waals surface area contributed by atoms with E-state index in [0.717, 1.165) is 38.2 Å². The van der Waals surface area contributed by atoms with E-state index in [1.165, 1.54) is 0 Å². The Morgan fingerprint density at radius 3 is 3.16 bits per heavy atom. The molecular formula is C13H21N3O3.